The lowest BCUT2D eigenvalue weighted by molar-refractivity contribution is 0.599. The molecule has 6 nitrogen and oxygen atoms in total. The highest BCUT2D eigenvalue weighted by atomic mass is 127. The highest BCUT2D eigenvalue weighted by Gasteiger charge is 2.19. The number of hydrogen-bond donors (Lipinski definition) is 2. The molecular weight excluding hydrogens is 455 g/mol. The van der Waals surface area contributed by atoms with Gasteiger partial charge in [0.05, 0.1) is 5.69 Å². The first-order chi connectivity index (χ1) is 8.38. The SMILES string of the molecule is Nc1nnc(S(=O)(=O)Nc2ccc(I)c(Br)c2)s1. The third kappa shape index (κ3) is 3.10. The standard InChI is InChI=1S/C8H6BrIN4O2S2/c9-5-3-4(1-2-6(5)10)14-18(15,16)8-13-12-7(11)17-8/h1-3,14H,(H2,11,12). The Balaban J connectivity index is 2.30. The van der Waals surface area contributed by atoms with E-state index in [1.807, 2.05) is 0 Å². The summed E-state index contributed by atoms with van der Waals surface area (Å²) in [4.78, 5) is 0. The molecule has 0 aliphatic heterocycles. The van der Waals surface area contributed by atoms with Crippen molar-refractivity contribution in [3.05, 3.63) is 26.2 Å². The molecule has 0 saturated carbocycles. The molecule has 0 radical (unpaired) electrons. The molecule has 1 heterocycles. The van der Waals surface area contributed by atoms with Gasteiger partial charge in [-0.3, -0.25) is 4.72 Å². The average Bonchev–Trinajstić information content (AvgIpc) is 2.71. The van der Waals surface area contributed by atoms with E-state index < -0.39 is 10.0 Å². The van der Waals surface area contributed by atoms with Crippen LogP contribution in [0.4, 0.5) is 10.8 Å². The lowest BCUT2D eigenvalue weighted by Gasteiger charge is -2.06. The van der Waals surface area contributed by atoms with Crippen molar-refractivity contribution in [1.29, 1.82) is 0 Å². The molecule has 10 heteroatoms. The van der Waals surface area contributed by atoms with Gasteiger partial charge in [-0.15, -0.1) is 10.2 Å². The van der Waals surface area contributed by atoms with E-state index in [0.29, 0.717) is 5.69 Å². The summed E-state index contributed by atoms with van der Waals surface area (Å²) in [7, 11) is -3.73. The molecule has 0 fully saturated rings. The van der Waals surface area contributed by atoms with Gasteiger partial charge in [0.1, 0.15) is 0 Å². The number of nitrogens with two attached hydrogens (primary N) is 1. The number of nitrogens with one attached hydrogen (secondary N) is 1. The molecule has 0 bridgehead atoms. The van der Waals surface area contributed by atoms with Gasteiger partial charge in [0.2, 0.25) is 5.13 Å². The van der Waals surface area contributed by atoms with Crippen LogP contribution in [0.25, 0.3) is 0 Å². The van der Waals surface area contributed by atoms with Crippen molar-refractivity contribution in [1.82, 2.24) is 10.2 Å². The second-order valence-electron chi connectivity index (χ2n) is 3.14. The Hall–Kier alpha value is -0.460. The summed E-state index contributed by atoms with van der Waals surface area (Å²) < 4.78 is 27.9. The molecule has 1 aromatic carbocycles. The molecular formula is C8H6BrIN4O2S2. The lowest BCUT2D eigenvalue weighted by atomic mass is 10.3. The molecule has 3 N–H and O–H groups in total. The van der Waals surface area contributed by atoms with Crippen LogP contribution < -0.4 is 10.5 Å². The van der Waals surface area contributed by atoms with Gasteiger partial charge in [-0.1, -0.05) is 11.3 Å². The molecule has 0 spiro atoms. The van der Waals surface area contributed by atoms with Crippen molar-refractivity contribution in [3.8, 4) is 0 Å². The smallest absolute Gasteiger partial charge is 0.291 e. The quantitative estimate of drug-likeness (QED) is 0.684. The van der Waals surface area contributed by atoms with Gasteiger partial charge >= 0.3 is 0 Å². The monoisotopic (exact) mass is 460 g/mol. The molecule has 0 saturated heterocycles. The fourth-order valence-electron chi connectivity index (χ4n) is 1.09. The number of hydrogen-bond acceptors (Lipinski definition) is 6. The summed E-state index contributed by atoms with van der Waals surface area (Å²) in [5.41, 5.74) is 5.80. The van der Waals surface area contributed by atoms with Crippen molar-refractivity contribution in [2.75, 3.05) is 10.5 Å². The summed E-state index contributed by atoms with van der Waals surface area (Å²) in [5.74, 6) is 0. The normalized spacial score (nSPS) is 11.4. The van der Waals surface area contributed by atoms with E-state index in [1.165, 1.54) is 0 Å². The Morgan fingerprint density at radius 1 is 1.39 bits per heavy atom. The highest BCUT2D eigenvalue weighted by Crippen LogP contribution is 2.25. The predicted octanol–water partition coefficient (Wildman–Crippen LogP) is 2.29. The maximum absolute atomic E-state index is 11.9. The van der Waals surface area contributed by atoms with Gasteiger partial charge in [0.25, 0.3) is 14.4 Å². The molecule has 96 valence electrons. The molecule has 1 aromatic heterocycles. The zero-order chi connectivity index (χ0) is 13.3. The summed E-state index contributed by atoms with van der Waals surface area (Å²) in [5, 5.41) is 7.09. The fraction of sp³-hybridized carbons (Fsp3) is 0. The highest BCUT2D eigenvalue weighted by molar-refractivity contribution is 14.1. The number of sulfonamides is 1. The van der Waals surface area contributed by atoms with Crippen LogP contribution in [0, 0.1) is 3.57 Å². The van der Waals surface area contributed by atoms with E-state index in [1.54, 1.807) is 18.2 Å². The molecule has 0 atom stereocenters. The number of benzene rings is 1. The van der Waals surface area contributed by atoms with Gasteiger partial charge in [0.15, 0.2) is 0 Å². The number of anilines is 2. The van der Waals surface area contributed by atoms with Gasteiger partial charge < -0.3 is 5.73 Å². The molecule has 0 unspecified atom stereocenters. The van der Waals surface area contributed by atoms with Crippen LogP contribution in [0.5, 0.6) is 0 Å². The predicted molar refractivity (Wildman–Crippen MR) is 82.0 cm³/mol. The van der Waals surface area contributed by atoms with Crippen molar-refractivity contribution in [2.24, 2.45) is 0 Å². The summed E-state index contributed by atoms with van der Waals surface area (Å²) in [6, 6.07) is 5.12. The number of halogens is 2. The molecule has 2 rings (SSSR count). The number of aromatic nitrogens is 2. The van der Waals surface area contributed by atoms with E-state index in [0.717, 1.165) is 19.4 Å². The Labute approximate surface area is 129 Å². The van der Waals surface area contributed by atoms with Crippen molar-refractivity contribution >= 4 is 70.7 Å². The maximum atomic E-state index is 11.9. The zero-order valence-corrected chi connectivity index (χ0v) is 14.0. The largest absolute Gasteiger partial charge is 0.374 e. The summed E-state index contributed by atoms with van der Waals surface area (Å²) >= 11 is 6.27. The first-order valence-corrected chi connectivity index (χ1v) is 8.62. The number of nitrogen functional groups attached to an aromatic ring is 1. The van der Waals surface area contributed by atoms with Gasteiger partial charge in [0, 0.05) is 8.04 Å². The first-order valence-electron chi connectivity index (χ1n) is 4.45. The van der Waals surface area contributed by atoms with Gasteiger partial charge in [-0.2, -0.15) is 8.42 Å². The third-order valence-corrected chi connectivity index (χ3v) is 6.66. The molecule has 0 amide bonds. The summed E-state index contributed by atoms with van der Waals surface area (Å²) in [6.45, 7) is 0. The maximum Gasteiger partial charge on any atom is 0.291 e. The van der Waals surface area contributed by atoms with Crippen molar-refractivity contribution < 1.29 is 8.42 Å². The molecule has 0 aliphatic rings. The minimum atomic E-state index is -3.73. The molecule has 18 heavy (non-hydrogen) atoms. The second kappa shape index (κ2) is 5.27. The zero-order valence-electron chi connectivity index (χ0n) is 8.59. The average molecular weight is 461 g/mol. The Kier molecular flexibility index (Phi) is 4.08. The third-order valence-electron chi connectivity index (χ3n) is 1.82. The van der Waals surface area contributed by atoms with Crippen LogP contribution in [0.15, 0.2) is 27.0 Å². The number of nitrogens with zero attached hydrogens (tertiary/aromatic N) is 2. The van der Waals surface area contributed by atoms with E-state index >= 15 is 0 Å². The minimum Gasteiger partial charge on any atom is -0.374 e. The van der Waals surface area contributed by atoms with Crippen LogP contribution in [0.3, 0.4) is 0 Å². The van der Waals surface area contributed by atoms with Crippen molar-refractivity contribution in [3.63, 3.8) is 0 Å². The van der Waals surface area contributed by atoms with Crippen LogP contribution in [-0.4, -0.2) is 18.6 Å². The first kappa shape index (κ1) is 14.0. The fourth-order valence-corrected chi connectivity index (χ4v) is 3.64. The van der Waals surface area contributed by atoms with E-state index in [9.17, 15) is 8.42 Å². The Bertz CT molecular complexity index is 688. The van der Waals surface area contributed by atoms with Gasteiger partial charge in [-0.05, 0) is 56.7 Å². The Morgan fingerprint density at radius 3 is 2.67 bits per heavy atom. The second-order valence-corrected chi connectivity index (χ2v) is 8.02. The van der Waals surface area contributed by atoms with Crippen LogP contribution in [-0.2, 0) is 10.0 Å². The van der Waals surface area contributed by atoms with Gasteiger partial charge in [-0.25, -0.2) is 0 Å². The topological polar surface area (TPSA) is 98.0 Å². The van der Waals surface area contributed by atoms with Crippen LogP contribution in [0.2, 0.25) is 0 Å². The molecule has 0 aliphatic carbocycles. The van der Waals surface area contributed by atoms with Crippen LogP contribution in [0.1, 0.15) is 0 Å². The van der Waals surface area contributed by atoms with E-state index in [2.05, 4.69) is 53.4 Å². The van der Waals surface area contributed by atoms with E-state index in [4.69, 9.17) is 5.73 Å². The summed E-state index contributed by atoms with van der Waals surface area (Å²) in [6.07, 6.45) is 0. The molecule has 2 aromatic rings. The van der Waals surface area contributed by atoms with Crippen molar-refractivity contribution in [2.45, 2.75) is 4.34 Å². The lowest BCUT2D eigenvalue weighted by Crippen LogP contribution is -2.12. The van der Waals surface area contributed by atoms with E-state index in [-0.39, 0.29) is 9.47 Å². The number of rotatable bonds is 3. The minimum absolute atomic E-state index is 0.110. The van der Waals surface area contributed by atoms with Crippen LogP contribution >= 0.6 is 49.9 Å². The Morgan fingerprint density at radius 2 is 2.11 bits per heavy atom.